The van der Waals surface area contributed by atoms with E-state index >= 15 is 0 Å². The maximum absolute atomic E-state index is 11.5. The van der Waals surface area contributed by atoms with Gasteiger partial charge in [0.05, 0.1) is 0 Å². The summed E-state index contributed by atoms with van der Waals surface area (Å²) in [4.78, 5) is 18.2. The molecule has 0 unspecified atom stereocenters. The highest BCUT2D eigenvalue weighted by Gasteiger charge is 2.10. The summed E-state index contributed by atoms with van der Waals surface area (Å²) in [6.45, 7) is 1.60. The normalized spacial score (nSPS) is 11.6. The van der Waals surface area contributed by atoms with Crippen LogP contribution in [0.2, 0.25) is 0 Å². The Bertz CT molecular complexity index is 943. The van der Waals surface area contributed by atoms with Gasteiger partial charge in [-0.1, -0.05) is 0 Å². The van der Waals surface area contributed by atoms with Gasteiger partial charge in [0, 0.05) is 44.5 Å². The van der Waals surface area contributed by atoms with Gasteiger partial charge in [-0.3, -0.25) is 4.79 Å². The second-order valence-electron chi connectivity index (χ2n) is 4.87. The molecule has 0 atom stereocenters. The fourth-order valence-electron chi connectivity index (χ4n) is 2.75. The molecule has 4 rings (SSSR count). The van der Waals surface area contributed by atoms with Gasteiger partial charge in [-0.15, -0.1) is 0 Å². The van der Waals surface area contributed by atoms with Gasteiger partial charge in [0.1, 0.15) is 0 Å². The monoisotopic (exact) mass is 248 g/mol. The molecule has 2 aromatic carbocycles. The van der Waals surface area contributed by atoms with Crippen molar-refractivity contribution in [1.82, 2.24) is 9.97 Å². The molecule has 0 amide bonds. The van der Waals surface area contributed by atoms with E-state index in [-0.39, 0.29) is 5.78 Å². The molecule has 0 saturated heterocycles. The molecule has 2 aromatic heterocycles. The van der Waals surface area contributed by atoms with Crippen LogP contribution in [0.4, 0.5) is 0 Å². The standard InChI is InChI=1S/C16H12N2O/c1-9(19)10-2-3-14-12(8-10)16-11-6-7-17-13(11)4-5-15(16)18-14/h2-8,17-18H,1H3. The Morgan fingerprint density at radius 2 is 1.74 bits per heavy atom. The van der Waals surface area contributed by atoms with Crippen molar-refractivity contribution in [3.63, 3.8) is 0 Å². The highest BCUT2D eigenvalue weighted by molar-refractivity contribution is 6.20. The van der Waals surface area contributed by atoms with Crippen LogP contribution in [0.25, 0.3) is 32.7 Å². The van der Waals surface area contributed by atoms with E-state index in [4.69, 9.17) is 0 Å². The Kier molecular flexibility index (Phi) is 1.90. The summed E-state index contributed by atoms with van der Waals surface area (Å²) in [7, 11) is 0. The highest BCUT2D eigenvalue weighted by atomic mass is 16.1. The Morgan fingerprint density at radius 1 is 0.947 bits per heavy atom. The van der Waals surface area contributed by atoms with E-state index < -0.39 is 0 Å². The Morgan fingerprint density at radius 3 is 2.58 bits per heavy atom. The number of benzene rings is 2. The molecule has 0 aliphatic heterocycles. The van der Waals surface area contributed by atoms with Crippen LogP contribution < -0.4 is 0 Å². The number of hydrogen-bond donors (Lipinski definition) is 2. The molecule has 0 aliphatic rings. The van der Waals surface area contributed by atoms with E-state index in [2.05, 4.69) is 28.2 Å². The van der Waals surface area contributed by atoms with Crippen LogP contribution >= 0.6 is 0 Å². The number of carbonyl (C=O) groups excluding carboxylic acids is 1. The first-order valence-corrected chi connectivity index (χ1v) is 6.26. The first kappa shape index (κ1) is 10.4. The van der Waals surface area contributed by atoms with Crippen molar-refractivity contribution in [2.45, 2.75) is 6.92 Å². The maximum Gasteiger partial charge on any atom is 0.159 e. The molecule has 2 heterocycles. The average molecular weight is 248 g/mol. The zero-order valence-electron chi connectivity index (χ0n) is 10.4. The van der Waals surface area contributed by atoms with Gasteiger partial charge in [-0.05, 0) is 43.3 Å². The Labute approximate surface area is 109 Å². The lowest BCUT2D eigenvalue weighted by atomic mass is 10.0. The molecule has 2 N–H and O–H groups in total. The minimum atomic E-state index is 0.0949. The number of carbonyl (C=O) groups is 1. The van der Waals surface area contributed by atoms with Crippen molar-refractivity contribution < 1.29 is 4.79 Å². The van der Waals surface area contributed by atoms with Crippen LogP contribution in [0, 0.1) is 0 Å². The van der Waals surface area contributed by atoms with E-state index in [1.54, 1.807) is 6.92 Å². The van der Waals surface area contributed by atoms with Crippen molar-refractivity contribution in [3.8, 4) is 0 Å². The number of ketones is 1. The first-order chi connectivity index (χ1) is 9.24. The van der Waals surface area contributed by atoms with Crippen LogP contribution in [0.3, 0.4) is 0 Å². The van der Waals surface area contributed by atoms with Crippen LogP contribution in [0.1, 0.15) is 17.3 Å². The highest BCUT2D eigenvalue weighted by Crippen LogP contribution is 2.32. The molecule has 0 saturated carbocycles. The zero-order chi connectivity index (χ0) is 13.0. The Balaban J connectivity index is 2.25. The van der Waals surface area contributed by atoms with E-state index in [9.17, 15) is 4.79 Å². The Hall–Kier alpha value is -2.55. The van der Waals surface area contributed by atoms with Crippen LogP contribution in [-0.4, -0.2) is 15.8 Å². The van der Waals surface area contributed by atoms with Gasteiger partial charge < -0.3 is 9.97 Å². The van der Waals surface area contributed by atoms with E-state index in [1.807, 2.05) is 24.4 Å². The van der Waals surface area contributed by atoms with Crippen molar-refractivity contribution in [2.24, 2.45) is 0 Å². The lowest BCUT2D eigenvalue weighted by Crippen LogP contribution is -1.90. The number of nitrogens with one attached hydrogen (secondary N) is 2. The van der Waals surface area contributed by atoms with Gasteiger partial charge in [0.15, 0.2) is 5.78 Å². The maximum atomic E-state index is 11.5. The third-order valence-electron chi connectivity index (χ3n) is 3.70. The van der Waals surface area contributed by atoms with E-state index in [1.165, 1.54) is 10.8 Å². The summed E-state index contributed by atoms with van der Waals surface area (Å²) >= 11 is 0. The number of aromatic nitrogens is 2. The van der Waals surface area contributed by atoms with Crippen molar-refractivity contribution >= 4 is 38.5 Å². The second kappa shape index (κ2) is 3.48. The number of fused-ring (bicyclic) bond motifs is 5. The number of Topliss-reactive ketones (excluding diaryl/α,β-unsaturated/α-hetero) is 1. The van der Waals surface area contributed by atoms with E-state index in [0.717, 1.165) is 27.5 Å². The van der Waals surface area contributed by atoms with Crippen LogP contribution in [0.15, 0.2) is 42.6 Å². The molecule has 92 valence electrons. The van der Waals surface area contributed by atoms with Crippen molar-refractivity contribution in [3.05, 3.63) is 48.2 Å². The van der Waals surface area contributed by atoms with E-state index in [0.29, 0.717) is 0 Å². The summed E-state index contributed by atoms with van der Waals surface area (Å²) in [6.07, 6.45) is 1.94. The molecule has 0 fully saturated rings. The summed E-state index contributed by atoms with van der Waals surface area (Å²) < 4.78 is 0. The van der Waals surface area contributed by atoms with Gasteiger partial charge in [-0.25, -0.2) is 0 Å². The van der Waals surface area contributed by atoms with Gasteiger partial charge in [0.25, 0.3) is 0 Å². The predicted octanol–water partition coefficient (Wildman–Crippen LogP) is 4.01. The van der Waals surface area contributed by atoms with Gasteiger partial charge >= 0.3 is 0 Å². The average Bonchev–Trinajstić information content (AvgIpc) is 3.00. The number of H-pyrrole nitrogens is 2. The molecule has 0 bridgehead atoms. The molecule has 19 heavy (non-hydrogen) atoms. The minimum absolute atomic E-state index is 0.0949. The topological polar surface area (TPSA) is 48.6 Å². The fourth-order valence-corrected chi connectivity index (χ4v) is 2.75. The molecule has 0 aliphatic carbocycles. The summed E-state index contributed by atoms with van der Waals surface area (Å²) in [5.41, 5.74) is 4.03. The van der Waals surface area contributed by atoms with Crippen LogP contribution in [0.5, 0.6) is 0 Å². The zero-order valence-corrected chi connectivity index (χ0v) is 10.4. The molecule has 3 heteroatoms. The molecule has 4 aromatic rings. The quantitative estimate of drug-likeness (QED) is 0.491. The predicted molar refractivity (Wildman–Crippen MR) is 77.7 cm³/mol. The van der Waals surface area contributed by atoms with Crippen LogP contribution in [-0.2, 0) is 0 Å². The number of rotatable bonds is 1. The first-order valence-electron chi connectivity index (χ1n) is 6.26. The third-order valence-corrected chi connectivity index (χ3v) is 3.70. The van der Waals surface area contributed by atoms with Gasteiger partial charge in [-0.2, -0.15) is 0 Å². The number of hydrogen-bond acceptors (Lipinski definition) is 1. The van der Waals surface area contributed by atoms with Crippen molar-refractivity contribution in [2.75, 3.05) is 0 Å². The minimum Gasteiger partial charge on any atom is -0.361 e. The summed E-state index contributed by atoms with van der Waals surface area (Å²) in [5, 5.41) is 3.47. The SMILES string of the molecule is CC(=O)c1ccc2[nH]c3ccc4[nH]ccc4c3c2c1. The smallest absolute Gasteiger partial charge is 0.159 e. The molecule has 0 radical (unpaired) electrons. The van der Waals surface area contributed by atoms with Gasteiger partial charge in [0.2, 0.25) is 0 Å². The molecule has 0 spiro atoms. The molecular weight excluding hydrogens is 236 g/mol. The summed E-state index contributed by atoms with van der Waals surface area (Å²) in [6, 6.07) is 12.0. The second-order valence-corrected chi connectivity index (χ2v) is 4.87. The summed E-state index contributed by atoms with van der Waals surface area (Å²) in [5.74, 6) is 0.0949. The largest absolute Gasteiger partial charge is 0.361 e. The lowest BCUT2D eigenvalue weighted by molar-refractivity contribution is 0.101. The molecule has 3 nitrogen and oxygen atoms in total. The lowest BCUT2D eigenvalue weighted by Gasteiger charge is -1.97. The number of aromatic amines is 2. The molecular formula is C16H12N2O. The third kappa shape index (κ3) is 1.35. The van der Waals surface area contributed by atoms with Crippen molar-refractivity contribution in [1.29, 1.82) is 0 Å². The fraction of sp³-hybridized carbons (Fsp3) is 0.0625.